The van der Waals surface area contributed by atoms with Crippen LogP contribution in [0, 0.1) is 5.92 Å². The number of benzene rings is 2. The molecule has 1 aliphatic heterocycles. The molecule has 154 valence electrons. The highest BCUT2D eigenvalue weighted by molar-refractivity contribution is 5.95. The topological polar surface area (TPSA) is 104 Å². The number of rotatable bonds is 7. The maximum Gasteiger partial charge on any atom is 0.258 e. The molecule has 3 aromatic rings. The molecule has 30 heavy (non-hydrogen) atoms. The summed E-state index contributed by atoms with van der Waals surface area (Å²) in [6.07, 6.45) is 2.59. The van der Waals surface area contributed by atoms with Crippen LogP contribution in [0.1, 0.15) is 15.9 Å². The average Bonchev–Trinajstić information content (AvgIpc) is 3.19. The Bertz CT molecular complexity index is 1060. The Morgan fingerprint density at radius 3 is 2.77 bits per heavy atom. The molecule has 1 saturated heterocycles. The number of amides is 2. The van der Waals surface area contributed by atoms with Crippen LogP contribution < -0.4 is 15.8 Å². The van der Waals surface area contributed by atoms with Gasteiger partial charge in [-0.2, -0.15) is 0 Å². The number of nitrogens with one attached hydrogen (secondary N) is 1. The summed E-state index contributed by atoms with van der Waals surface area (Å²) in [4.78, 5) is 28.3. The predicted molar refractivity (Wildman–Crippen MR) is 112 cm³/mol. The zero-order valence-electron chi connectivity index (χ0n) is 16.4. The van der Waals surface area contributed by atoms with Crippen molar-refractivity contribution in [1.82, 2.24) is 10.3 Å². The van der Waals surface area contributed by atoms with Gasteiger partial charge in [0.15, 0.2) is 6.61 Å². The van der Waals surface area contributed by atoms with Gasteiger partial charge in [-0.05, 0) is 36.2 Å². The highest BCUT2D eigenvalue weighted by atomic mass is 16.5. The van der Waals surface area contributed by atoms with Crippen molar-refractivity contribution in [3.63, 3.8) is 0 Å². The number of primary amides is 1. The van der Waals surface area contributed by atoms with Gasteiger partial charge < -0.3 is 20.5 Å². The Hall–Kier alpha value is -3.45. The lowest BCUT2D eigenvalue weighted by Gasteiger charge is -2.20. The summed E-state index contributed by atoms with van der Waals surface area (Å²) in [5.74, 6) is -0.422. The van der Waals surface area contributed by atoms with Gasteiger partial charge in [0.25, 0.3) is 11.8 Å². The van der Waals surface area contributed by atoms with E-state index >= 15 is 0 Å². The minimum atomic E-state index is -0.597. The number of carbonyl (C=O) groups excluding carboxylic acids is 2. The van der Waals surface area contributed by atoms with E-state index in [9.17, 15) is 9.59 Å². The van der Waals surface area contributed by atoms with Crippen molar-refractivity contribution in [2.75, 3.05) is 19.8 Å². The minimum absolute atomic E-state index is 0.112. The maximum atomic E-state index is 12.4. The van der Waals surface area contributed by atoms with Crippen LogP contribution in [0.25, 0.3) is 10.9 Å². The zero-order valence-corrected chi connectivity index (χ0v) is 16.4. The van der Waals surface area contributed by atoms with Crippen molar-refractivity contribution >= 4 is 22.7 Å². The van der Waals surface area contributed by atoms with Crippen LogP contribution in [0.4, 0.5) is 0 Å². The molecule has 4 rings (SSSR count). The molecule has 0 bridgehead atoms. The van der Waals surface area contributed by atoms with Crippen LogP contribution >= 0.6 is 0 Å². The van der Waals surface area contributed by atoms with E-state index < -0.39 is 5.91 Å². The van der Waals surface area contributed by atoms with Crippen molar-refractivity contribution in [1.29, 1.82) is 0 Å². The number of aromatic nitrogens is 1. The Morgan fingerprint density at radius 1 is 1.10 bits per heavy atom. The molecule has 0 radical (unpaired) electrons. The number of fused-ring (bicyclic) bond motifs is 1. The van der Waals surface area contributed by atoms with E-state index in [1.165, 1.54) is 5.56 Å². The number of nitrogens with two attached hydrogens (primary N) is 1. The first-order valence-corrected chi connectivity index (χ1v) is 9.83. The highest BCUT2D eigenvalue weighted by Gasteiger charge is 2.30. The fraction of sp³-hybridized carbons (Fsp3) is 0.261. The van der Waals surface area contributed by atoms with Crippen LogP contribution in [-0.2, 0) is 16.0 Å². The zero-order chi connectivity index (χ0) is 20.9. The second-order valence-corrected chi connectivity index (χ2v) is 7.31. The molecule has 2 atom stereocenters. The third-order valence-electron chi connectivity index (χ3n) is 5.28. The van der Waals surface area contributed by atoms with Crippen molar-refractivity contribution in [3.05, 3.63) is 71.9 Å². The summed E-state index contributed by atoms with van der Waals surface area (Å²) in [6, 6.07) is 16.5. The Labute approximate surface area is 174 Å². The van der Waals surface area contributed by atoms with Gasteiger partial charge in [-0.1, -0.05) is 30.3 Å². The number of nitrogens with zero attached hydrogens (tertiary/aromatic N) is 1. The number of hydrogen-bond donors (Lipinski definition) is 2. The van der Waals surface area contributed by atoms with Crippen molar-refractivity contribution in [3.8, 4) is 5.75 Å². The molecule has 1 aromatic heterocycles. The second-order valence-electron chi connectivity index (χ2n) is 7.31. The summed E-state index contributed by atoms with van der Waals surface area (Å²) in [6.45, 7) is 0.829. The smallest absolute Gasteiger partial charge is 0.258 e. The summed E-state index contributed by atoms with van der Waals surface area (Å²) in [5.41, 5.74) is 7.73. The van der Waals surface area contributed by atoms with Crippen LogP contribution in [0.15, 0.2) is 60.8 Å². The lowest BCUT2D eigenvalue weighted by molar-refractivity contribution is -0.124. The highest BCUT2D eigenvalue weighted by Crippen LogP contribution is 2.24. The van der Waals surface area contributed by atoms with Crippen LogP contribution in [0.5, 0.6) is 5.75 Å². The Balaban J connectivity index is 1.38. The van der Waals surface area contributed by atoms with Gasteiger partial charge in [0.2, 0.25) is 0 Å². The van der Waals surface area contributed by atoms with Gasteiger partial charge in [0, 0.05) is 17.5 Å². The van der Waals surface area contributed by atoms with E-state index in [0.717, 1.165) is 17.3 Å². The van der Waals surface area contributed by atoms with Gasteiger partial charge in [-0.3, -0.25) is 14.6 Å². The normalized spacial score (nSPS) is 18.3. The lowest BCUT2D eigenvalue weighted by Crippen LogP contribution is -2.42. The summed E-state index contributed by atoms with van der Waals surface area (Å²) < 4.78 is 11.2. The molecule has 2 amide bonds. The van der Waals surface area contributed by atoms with E-state index in [1.807, 2.05) is 30.5 Å². The molecule has 7 heteroatoms. The molecule has 2 aromatic carbocycles. The van der Waals surface area contributed by atoms with Crippen LogP contribution in [-0.4, -0.2) is 42.7 Å². The first kappa shape index (κ1) is 19.8. The molecule has 0 aliphatic carbocycles. The first-order valence-electron chi connectivity index (χ1n) is 9.83. The maximum absolute atomic E-state index is 12.4. The van der Waals surface area contributed by atoms with Crippen molar-refractivity contribution in [2.45, 2.75) is 12.5 Å². The Morgan fingerprint density at radius 2 is 1.90 bits per heavy atom. The Kier molecular flexibility index (Phi) is 5.90. The van der Waals surface area contributed by atoms with E-state index in [1.54, 1.807) is 24.3 Å². The van der Waals surface area contributed by atoms with Crippen LogP contribution in [0.2, 0.25) is 0 Å². The number of pyridine rings is 1. The first-order chi connectivity index (χ1) is 14.6. The van der Waals surface area contributed by atoms with Gasteiger partial charge in [0.05, 0.1) is 30.3 Å². The molecule has 1 fully saturated rings. The SMILES string of the molecule is NC(=O)c1ccccc1OCC(=O)N[C@H]1COC[C@H]1Cc1ccnc2ccccc12. The van der Waals surface area contributed by atoms with Gasteiger partial charge in [-0.15, -0.1) is 0 Å². The van der Waals surface area contributed by atoms with Gasteiger partial charge in [-0.25, -0.2) is 0 Å². The summed E-state index contributed by atoms with van der Waals surface area (Å²) in [7, 11) is 0. The molecule has 0 saturated carbocycles. The third kappa shape index (κ3) is 4.41. The standard InChI is InChI=1S/C23H23N3O4/c24-23(28)18-6-2-4-8-21(18)30-14-22(27)26-20-13-29-12-16(20)11-15-9-10-25-19-7-3-1-5-17(15)19/h1-10,16,20H,11-14H2,(H2,24,28)(H,26,27)/t16-,20+/m1/s1. The number of ether oxygens (including phenoxy) is 2. The number of hydrogen-bond acceptors (Lipinski definition) is 5. The average molecular weight is 405 g/mol. The van der Waals surface area contributed by atoms with Crippen molar-refractivity contribution in [2.24, 2.45) is 11.7 Å². The van der Waals surface area contributed by atoms with Crippen molar-refractivity contribution < 1.29 is 19.1 Å². The molecule has 0 spiro atoms. The minimum Gasteiger partial charge on any atom is -0.483 e. The largest absolute Gasteiger partial charge is 0.483 e. The number of carbonyl (C=O) groups is 2. The fourth-order valence-electron chi connectivity index (χ4n) is 3.76. The van der Waals surface area contributed by atoms with E-state index in [0.29, 0.717) is 19.0 Å². The molecular weight excluding hydrogens is 382 g/mol. The lowest BCUT2D eigenvalue weighted by atomic mass is 9.93. The van der Waals surface area contributed by atoms with Gasteiger partial charge in [0.1, 0.15) is 5.75 Å². The number of para-hydroxylation sites is 2. The monoisotopic (exact) mass is 405 g/mol. The third-order valence-corrected chi connectivity index (χ3v) is 5.28. The van der Waals surface area contributed by atoms with E-state index in [4.69, 9.17) is 15.2 Å². The fourth-order valence-corrected chi connectivity index (χ4v) is 3.76. The summed E-state index contributed by atoms with van der Waals surface area (Å²) >= 11 is 0. The summed E-state index contributed by atoms with van der Waals surface area (Å²) in [5, 5.41) is 4.11. The molecule has 0 unspecified atom stereocenters. The van der Waals surface area contributed by atoms with Crippen LogP contribution in [0.3, 0.4) is 0 Å². The quantitative estimate of drug-likeness (QED) is 0.626. The predicted octanol–water partition coefficient (Wildman–Crippen LogP) is 2.09. The molecule has 1 aliphatic rings. The second kappa shape index (κ2) is 8.92. The molecular formula is C23H23N3O4. The van der Waals surface area contributed by atoms with E-state index in [2.05, 4.69) is 16.4 Å². The molecule has 3 N–H and O–H groups in total. The molecule has 2 heterocycles. The van der Waals surface area contributed by atoms with Gasteiger partial charge >= 0.3 is 0 Å². The van der Waals surface area contributed by atoms with E-state index in [-0.39, 0.29) is 30.0 Å². The molecule has 7 nitrogen and oxygen atoms in total.